The monoisotopic (exact) mass is 330 g/mol. The van der Waals surface area contributed by atoms with E-state index in [0.29, 0.717) is 18.0 Å². The van der Waals surface area contributed by atoms with E-state index in [9.17, 15) is 9.65 Å². The molecule has 0 spiro atoms. The number of aromatic nitrogens is 1. The summed E-state index contributed by atoms with van der Waals surface area (Å²) in [5, 5.41) is 12.4. The summed E-state index contributed by atoms with van der Waals surface area (Å²) in [4.78, 5) is 6.45. The predicted molar refractivity (Wildman–Crippen MR) is 87.0 cm³/mol. The van der Waals surface area contributed by atoms with Gasteiger partial charge in [-0.3, -0.25) is 4.90 Å². The summed E-state index contributed by atoms with van der Waals surface area (Å²) in [6, 6.07) is 8.22. The van der Waals surface area contributed by atoms with Crippen molar-refractivity contribution in [3.05, 3.63) is 35.8 Å². The van der Waals surface area contributed by atoms with Gasteiger partial charge in [0, 0.05) is 31.2 Å². The van der Waals surface area contributed by atoms with Gasteiger partial charge in [0.05, 0.1) is 13.2 Å². The average Bonchev–Trinajstić information content (AvgIpc) is 3.04. The fourth-order valence-electron chi connectivity index (χ4n) is 2.65. The van der Waals surface area contributed by atoms with Gasteiger partial charge in [0.1, 0.15) is 11.9 Å². The minimum atomic E-state index is -0.375. The number of benzene rings is 1. The summed E-state index contributed by atoms with van der Waals surface area (Å²) in [5.74, 6) is 0.170. The van der Waals surface area contributed by atoms with Gasteiger partial charge in [-0.1, -0.05) is 6.07 Å². The maximum absolute atomic E-state index is 13.3. The summed E-state index contributed by atoms with van der Waals surface area (Å²) in [6.45, 7) is 5.97. The van der Waals surface area contributed by atoms with Crippen LogP contribution in [0.5, 0.6) is 0 Å². The Bertz CT molecular complexity index is 734. The van der Waals surface area contributed by atoms with Gasteiger partial charge in [-0.05, 0) is 25.1 Å². The lowest BCUT2D eigenvalue weighted by atomic mass is 10.2. The van der Waals surface area contributed by atoms with Crippen molar-refractivity contribution >= 4 is 5.88 Å². The molecule has 1 saturated heterocycles. The SMILES string of the molecule is CC(CNc1oc(-c2cccc(F)c2)nc1C#N)N1CCOCC1. The molecule has 1 aliphatic heterocycles. The lowest BCUT2D eigenvalue weighted by Crippen LogP contribution is -2.45. The molecule has 2 aromatic rings. The molecule has 2 heterocycles. The van der Waals surface area contributed by atoms with Crippen molar-refractivity contribution in [2.45, 2.75) is 13.0 Å². The van der Waals surface area contributed by atoms with Crippen molar-refractivity contribution in [3.63, 3.8) is 0 Å². The van der Waals surface area contributed by atoms with Gasteiger partial charge < -0.3 is 14.5 Å². The van der Waals surface area contributed by atoms with Crippen LogP contribution in [0.1, 0.15) is 12.6 Å². The molecule has 126 valence electrons. The van der Waals surface area contributed by atoms with E-state index in [-0.39, 0.29) is 23.4 Å². The van der Waals surface area contributed by atoms with Gasteiger partial charge in [-0.2, -0.15) is 10.2 Å². The van der Waals surface area contributed by atoms with Crippen LogP contribution < -0.4 is 5.32 Å². The number of ether oxygens (including phenoxy) is 1. The number of nitrogens with one attached hydrogen (secondary N) is 1. The first-order valence-corrected chi connectivity index (χ1v) is 7.90. The van der Waals surface area contributed by atoms with Gasteiger partial charge in [0.15, 0.2) is 0 Å². The topological polar surface area (TPSA) is 74.3 Å². The quantitative estimate of drug-likeness (QED) is 0.908. The van der Waals surface area contributed by atoms with Crippen LogP contribution in [-0.2, 0) is 4.74 Å². The Morgan fingerprint density at radius 3 is 2.92 bits per heavy atom. The van der Waals surface area contributed by atoms with Crippen LogP contribution >= 0.6 is 0 Å². The van der Waals surface area contributed by atoms with Gasteiger partial charge in [-0.25, -0.2) is 4.39 Å². The van der Waals surface area contributed by atoms with Crippen molar-refractivity contribution in [1.29, 1.82) is 5.26 Å². The van der Waals surface area contributed by atoms with Crippen molar-refractivity contribution in [2.75, 3.05) is 38.2 Å². The molecule has 0 amide bonds. The highest BCUT2D eigenvalue weighted by atomic mass is 19.1. The molecule has 7 heteroatoms. The third-order valence-corrected chi connectivity index (χ3v) is 4.03. The Morgan fingerprint density at radius 2 is 2.21 bits per heavy atom. The highest BCUT2D eigenvalue weighted by Crippen LogP contribution is 2.25. The average molecular weight is 330 g/mol. The van der Waals surface area contributed by atoms with Gasteiger partial charge in [-0.15, -0.1) is 0 Å². The molecule has 6 nitrogen and oxygen atoms in total. The molecule has 3 rings (SSSR count). The summed E-state index contributed by atoms with van der Waals surface area (Å²) >= 11 is 0. The normalized spacial score (nSPS) is 16.5. The number of nitriles is 1. The van der Waals surface area contributed by atoms with E-state index in [1.54, 1.807) is 12.1 Å². The molecule has 1 aliphatic rings. The van der Waals surface area contributed by atoms with E-state index in [2.05, 4.69) is 22.1 Å². The van der Waals surface area contributed by atoms with Gasteiger partial charge in [0.25, 0.3) is 0 Å². The first kappa shape index (κ1) is 16.4. The maximum Gasteiger partial charge on any atom is 0.232 e. The number of anilines is 1. The second-order valence-electron chi connectivity index (χ2n) is 5.70. The van der Waals surface area contributed by atoms with Crippen molar-refractivity contribution < 1.29 is 13.5 Å². The third kappa shape index (κ3) is 3.72. The molecule has 1 aromatic heterocycles. The number of hydrogen-bond donors (Lipinski definition) is 1. The smallest absolute Gasteiger partial charge is 0.232 e. The number of halogens is 1. The highest BCUT2D eigenvalue weighted by molar-refractivity contribution is 5.58. The van der Waals surface area contributed by atoms with E-state index >= 15 is 0 Å². The standard InChI is InChI=1S/C17H19FN4O2/c1-12(22-5-7-23-8-6-22)11-20-17-15(10-19)21-16(24-17)13-3-2-4-14(18)9-13/h2-4,9,12,20H,5-8,11H2,1H3. The van der Waals surface area contributed by atoms with Crippen molar-refractivity contribution in [2.24, 2.45) is 0 Å². The van der Waals surface area contributed by atoms with Gasteiger partial charge in [0.2, 0.25) is 17.5 Å². The second kappa shape index (κ2) is 7.43. The van der Waals surface area contributed by atoms with E-state index in [1.807, 2.05) is 6.07 Å². The Balaban J connectivity index is 1.70. The molecule has 1 N–H and O–H groups in total. The molecule has 1 fully saturated rings. The molecule has 24 heavy (non-hydrogen) atoms. The molecule has 1 aromatic carbocycles. The molecular weight excluding hydrogens is 311 g/mol. The Hall–Kier alpha value is -2.43. The van der Waals surface area contributed by atoms with Crippen LogP contribution in [0.4, 0.5) is 10.3 Å². The van der Waals surface area contributed by atoms with Crippen molar-refractivity contribution in [3.8, 4) is 17.5 Å². The predicted octanol–water partition coefficient (Wildman–Crippen LogP) is 2.48. The molecule has 0 radical (unpaired) electrons. The fourth-order valence-corrected chi connectivity index (χ4v) is 2.65. The van der Waals surface area contributed by atoms with Crippen molar-refractivity contribution in [1.82, 2.24) is 9.88 Å². The number of oxazole rings is 1. The van der Waals surface area contributed by atoms with Crippen LogP contribution in [0.15, 0.2) is 28.7 Å². The molecular formula is C17H19FN4O2. The van der Waals surface area contributed by atoms with Crippen LogP contribution in [0.2, 0.25) is 0 Å². The number of nitrogens with zero attached hydrogens (tertiary/aromatic N) is 3. The number of hydrogen-bond acceptors (Lipinski definition) is 6. The largest absolute Gasteiger partial charge is 0.419 e. The lowest BCUT2D eigenvalue weighted by Gasteiger charge is -2.32. The van der Waals surface area contributed by atoms with Crippen LogP contribution in [0.25, 0.3) is 11.5 Å². The third-order valence-electron chi connectivity index (χ3n) is 4.03. The van der Waals surface area contributed by atoms with E-state index in [0.717, 1.165) is 26.3 Å². The molecule has 0 bridgehead atoms. The van der Waals surface area contributed by atoms with Crippen LogP contribution in [0.3, 0.4) is 0 Å². The zero-order valence-electron chi connectivity index (χ0n) is 13.5. The molecule has 0 saturated carbocycles. The number of morpholine rings is 1. The zero-order valence-corrected chi connectivity index (χ0v) is 13.5. The van der Waals surface area contributed by atoms with Crippen LogP contribution in [-0.4, -0.2) is 48.8 Å². The lowest BCUT2D eigenvalue weighted by molar-refractivity contribution is 0.0226. The Kier molecular flexibility index (Phi) is 5.08. The highest BCUT2D eigenvalue weighted by Gasteiger charge is 2.19. The maximum atomic E-state index is 13.3. The molecule has 1 atom stereocenters. The Labute approximate surface area is 139 Å². The summed E-state index contributed by atoms with van der Waals surface area (Å²) < 4.78 is 24.3. The first-order chi connectivity index (χ1) is 11.7. The fraction of sp³-hybridized carbons (Fsp3) is 0.412. The van der Waals surface area contributed by atoms with Gasteiger partial charge >= 0.3 is 0 Å². The van der Waals surface area contributed by atoms with E-state index in [4.69, 9.17) is 9.15 Å². The minimum Gasteiger partial charge on any atom is -0.419 e. The first-order valence-electron chi connectivity index (χ1n) is 7.90. The summed E-state index contributed by atoms with van der Waals surface area (Å²) in [5.41, 5.74) is 0.671. The second-order valence-corrected chi connectivity index (χ2v) is 5.70. The Morgan fingerprint density at radius 1 is 1.42 bits per heavy atom. The zero-order chi connectivity index (χ0) is 16.9. The molecule has 1 unspecified atom stereocenters. The summed E-state index contributed by atoms with van der Waals surface area (Å²) in [6.07, 6.45) is 0. The van der Waals surface area contributed by atoms with E-state index in [1.165, 1.54) is 12.1 Å². The summed E-state index contributed by atoms with van der Waals surface area (Å²) in [7, 11) is 0. The van der Waals surface area contributed by atoms with Crippen LogP contribution in [0, 0.1) is 17.1 Å². The minimum absolute atomic E-state index is 0.170. The number of rotatable bonds is 5. The molecule has 0 aliphatic carbocycles. The van der Waals surface area contributed by atoms with E-state index < -0.39 is 0 Å².